The van der Waals surface area contributed by atoms with Crippen LogP contribution in [-0.2, 0) is 6.18 Å². The lowest BCUT2D eigenvalue weighted by molar-refractivity contribution is -0.140. The third-order valence-corrected chi connectivity index (χ3v) is 2.81. The number of hydrogen-bond donors (Lipinski definition) is 1. The number of halogens is 4. The first-order valence-corrected chi connectivity index (χ1v) is 5.02. The Kier molecular flexibility index (Phi) is 2.66. The van der Waals surface area contributed by atoms with Crippen molar-refractivity contribution in [3.8, 4) is 0 Å². The molecule has 88 valence electrons. The summed E-state index contributed by atoms with van der Waals surface area (Å²) in [6, 6.07) is 2.56. The van der Waals surface area contributed by atoms with Crippen molar-refractivity contribution in [2.24, 2.45) is 11.7 Å². The molecule has 1 aromatic carbocycles. The van der Waals surface area contributed by atoms with Crippen LogP contribution in [0.15, 0.2) is 18.2 Å². The molecular formula is C11H11F4N. The van der Waals surface area contributed by atoms with E-state index in [1.807, 2.05) is 0 Å². The quantitative estimate of drug-likeness (QED) is 0.779. The molecule has 0 aliphatic heterocycles. The molecule has 1 aromatic rings. The minimum absolute atomic E-state index is 0.242. The Labute approximate surface area is 90.3 Å². The molecule has 0 heterocycles. The van der Waals surface area contributed by atoms with Gasteiger partial charge in [-0.05, 0) is 36.5 Å². The first-order chi connectivity index (χ1) is 7.39. The number of hydrogen-bond acceptors (Lipinski definition) is 1. The molecule has 0 unspecified atom stereocenters. The Morgan fingerprint density at radius 3 is 2.38 bits per heavy atom. The maximum atomic E-state index is 13.0. The van der Waals surface area contributed by atoms with Gasteiger partial charge in [-0.15, -0.1) is 0 Å². The molecule has 1 aliphatic rings. The van der Waals surface area contributed by atoms with E-state index in [9.17, 15) is 17.6 Å². The predicted molar refractivity (Wildman–Crippen MR) is 51.1 cm³/mol. The van der Waals surface area contributed by atoms with Gasteiger partial charge >= 0.3 is 6.18 Å². The molecule has 16 heavy (non-hydrogen) atoms. The van der Waals surface area contributed by atoms with Crippen molar-refractivity contribution in [2.75, 3.05) is 0 Å². The summed E-state index contributed by atoms with van der Waals surface area (Å²) in [7, 11) is 0. The summed E-state index contributed by atoms with van der Waals surface area (Å²) >= 11 is 0. The number of benzene rings is 1. The van der Waals surface area contributed by atoms with Gasteiger partial charge in [-0.1, -0.05) is 6.07 Å². The highest BCUT2D eigenvalue weighted by Gasteiger charge is 2.36. The highest BCUT2D eigenvalue weighted by Crippen LogP contribution is 2.41. The lowest BCUT2D eigenvalue weighted by atomic mass is 10.0. The highest BCUT2D eigenvalue weighted by molar-refractivity contribution is 5.30. The van der Waals surface area contributed by atoms with Crippen LogP contribution in [0.4, 0.5) is 17.6 Å². The summed E-state index contributed by atoms with van der Waals surface area (Å²) in [5, 5.41) is 0. The van der Waals surface area contributed by atoms with Gasteiger partial charge in [0, 0.05) is 6.04 Å². The first kappa shape index (κ1) is 11.4. The van der Waals surface area contributed by atoms with Gasteiger partial charge in [-0.25, -0.2) is 4.39 Å². The lowest BCUT2D eigenvalue weighted by Gasteiger charge is -2.14. The van der Waals surface area contributed by atoms with E-state index in [1.165, 1.54) is 6.07 Å². The van der Waals surface area contributed by atoms with Gasteiger partial charge in [-0.2, -0.15) is 13.2 Å². The maximum absolute atomic E-state index is 13.0. The normalized spacial score (nSPS) is 18.6. The number of nitrogens with two attached hydrogens (primary N) is 1. The van der Waals surface area contributed by atoms with Crippen LogP contribution in [0.2, 0.25) is 0 Å². The van der Waals surface area contributed by atoms with Gasteiger partial charge in [0.2, 0.25) is 0 Å². The van der Waals surface area contributed by atoms with Crippen molar-refractivity contribution in [1.82, 2.24) is 0 Å². The van der Waals surface area contributed by atoms with Crippen LogP contribution >= 0.6 is 0 Å². The van der Waals surface area contributed by atoms with Crippen LogP contribution in [0.5, 0.6) is 0 Å². The van der Waals surface area contributed by atoms with Gasteiger partial charge in [0.15, 0.2) is 0 Å². The zero-order valence-electron chi connectivity index (χ0n) is 8.39. The van der Waals surface area contributed by atoms with E-state index in [0.29, 0.717) is 5.56 Å². The Balaban J connectivity index is 2.34. The lowest BCUT2D eigenvalue weighted by Crippen LogP contribution is -2.15. The fourth-order valence-electron chi connectivity index (χ4n) is 1.69. The van der Waals surface area contributed by atoms with Crippen LogP contribution in [0.3, 0.4) is 0 Å². The van der Waals surface area contributed by atoms with Gasteiger partial charge in [0.25, 0.3) is 0 Å². The van der Waals surface area contributed by atoms with E-state index in [4.69, 9.17) is 5.73 Å². The fraction of sp³-hybridized carbons (Fsp3) is 0.455. The van der Waals surface area contributed by atoms with Crippen molar-refractivity contribution in [3.63, 3.8) is 0 Å². The summed E-state index contributed by atoms with van der Waals surface area (Å²) in [6.07, 6.45) is -2.80. The van der Waals surface area contributed by atoms with Crippen molar-refractivity contribution >= 4 is 0 Å². The highest BCUT2D eigenvalue weighted by atomic mass is 19.4. The molecule has 0 radical (unpaired) electrons. The zero-order chi connectivity index (χ0) is 11.9. The summed E-state index contributed by atoms with van der Waals surface area (Å²) < 4.78 is 50.3. The van der Waals surface area contributed by atoms with Crippen molar-refractivity contribution in [1.29, 1.82) is 0 Å². The van der Waals surface area contributed by atoms with Crippen molar-refractivity contribution in [3.05, 3.63) is 35.1 Å². The Morgan fingerprint density at radius 2 is 1.88 bits per heavy atom. The molecule has 2 rings (SSSR count). The minimum atomic E-state index is -4.66. The fourth-order valence-corrected chi connectivity index (χ4v) is 1.69. The summed E-state index contributed by atoms with van der Waals surface area (Å²) in [4.78, 5) is 0. The third kappa shape index (κ3) is 2.19. The van der Waals surface area contributed by atoms with Crippen LogP contribution in [0.1, 0.15) is 30.0 Å². The molecule has 0 bridgehead atoms. The second-order valence-corrected chi connectivity index (χ2v) is 4.10. The topological polar surface area (TPSA) is 26.0 Å². The Morgan fingerprint density at radius 1 is 1.25 bits per heavy atom. The molecule has 0 aromatic heterocycles. The number of alkyl halides is 3. The molecule has 5 heteroatoms. The van der Waals surface area contributed by atoms with E-state index in [1.54, 1.807) is 0 Å². The molecular weight excluding hydrogens is 222 g/mol. The van der Waals surface area contributed by atoms with Crippen LogP contribution in [0.25, 0.3) is 0 Å². The van der Waals surface area contributed by atoms with E-state index in [-0.39, 0.29) is 5.92 Å². The summed E-state index contributed by atoms with van der Waals surface area (Å²) in [6.45, 7) is 0. The first-order valence-electron chi connectivity index (χ1n) is 5.02. The summed E-state index contributed by atoms with van der Waals surface area (Å²) in [5.74, 6) is -1.01. The average molecular weight is 233 g/mol. The zero-order valence-corrected chi connectivity index (χ0v) is 8.39. The number of rotatable bonds is 2. The monoisotopic (exact) mass is 233 g/mol. The van der Waals surface area contributed by atoms with Gasteiger partial charge in [0.1, 0.15) is 5.82 Å². The Bertz CT molecular complexity index is 395. The van der Waals surface area contributed by atoms with Crippen LogP contribution < -0.4 is 5.73 Å². The predicted octanol–water partition coefficient (Wildman–Crippen LogP) is 3.25. The second-order valence-electron chi connectivity index (χ2n) is 4.10. The van der Waals surface area contributed by atoms with Gasteiger partial charge in [0.05, 0.1) is 5.56 Å². The average Bonchev–Trinajstić information content (AvgIpc) is 2.98. The standard InChI is InChI=1S/C11H11F4N/c12-9-4-3-7(10(16)6-1-2-6)5-8(9)11(13,14)15/h3-6,10H,1-2,16H2/t10-/m0/s1. The van der Waals surface area contributed by atoms with E-state index in [2.05, 4.69) is 0 Å². The molecule has 0 spiro atoms. The smallest absolute Gasteiger partial charge is 0.324 e. The maximum Gasteiger partial charge on any atom is 0.419 e. The van der Waals surface area contributed by atoms with Crippen molar-refractivity contribution < 1.29 is 17.6 Å². The second kappa shape index (κ2) is 3.73. The molecule has 1 aliphatic carbocycles. The molecule has 1 saturated carbocycles. The van der Waals surface area contributed by atoms with Crippen LogP contribution in [0, 0.1) is 11.7 Å². The SMILES string of the molecule is N[C@H](c1ccc(F)c(C(F)(F)F)c1)C1CC1. The molecule has 0 amide bonds. The third-order valence-electron chi connectivity index (χ3n) is 2.81. The van der Waals surface area contributed by atoms with Gasteiger partial charge in [-0.3, -0.25) is 0 Å². The van der Waals surface area contributed by atoms with Crippen molar-refractivity contribution in [2.45, 2.75) is 25.1 Å². The molecule has 1 nitrogen and oxygen atoms in total. The van der Waals surface area contributed by atoms with Crippen LogP contribution in [-0.4, -0.2) is 0 Å². The van der Waals surface area contributed by atoms with Gasteiger partial charge < -0.3 is 5.73 Å². The Hall–Kier alpha value is -1.10. The largest absolute Gasteiger partial charge is 0.419 e. The molecule has 2 N–H and O–H groups in total. The van der Waals surface area contributed by atoms with E-state index >= 15 is 0 Å². The van der Waals surface area contributed by atoms with E-state index < -0.39 is 23.6 Å². The minimum Gasteiger partial charge on any atom is -0.324 e. The molecule has 0 saturated heterocycles. The molecule has 1 fully saturated rings. The summed E-state index contributed by atoms with van der Waals surface area (Å²) in [5.41, 5.74) is 4.90. The van der Waals surface area contributed by atoms with E-state index in [0.717, 1.165) is 25.0 Å². The molecule has 1 atom stereocenters.